The van der Waals surface area contributed by atoms with E-state index in [0.717, 1.165) is 38.3 Å². The van der Waals surface area contributed by atoms with Gasteiger partial charge < -0.3 is 5.32 Å². The monoisotopic (exact) mass is 410 g/mol. The smallest absolute Gasteiger partial charge is 0.229 e. The number of benzene rings is 2. The largest absolute Gasteiger partial charge is 0.365 e. The van der Waals surface area contributed by atoms with Gasteiger partial charge in [-0.05, 0) is 23.3 Å². The Labute approximate surface area is 167 Å². The molecule has 0 saturated carbocycles. The lowest BCUT2D eigenvalue weighted by Crippen LogP contribution is -2.12. The van der Waals surface area contributed by atoms with Crippen LogP contribution in [0, 0.1) is 0 Å². The summed E-state index contributed by atoms with van der Waals surface area (Å²) in [7, 11) is -3.35. The maximum Gasteiger partial charge on any atom is 0.229 e. The van der Waals surface area contributed by atoms with E-state index in [1.807, 2.05) is 30.3 Å². The Hall–Kier alpha value is -2.97. The van der Waals surface area contributed by atoms with Crippen molar-refractivity contribution in [2.75, 3.05) is 16.3 Å². The van der Waals surface area contributed by atoms with E-state index < -0.39 is 10.0 Å². The zero-order chi connectivity index (χ0) is 19.6. The van der Waals surface area contributed by atoms with Gasteiger partial charge in [-0.2, -0.15) is 0 Å². The Balaban J connectivity index is 1.62. The first-order valence-corrected chi connectivity index (χ1v) is 11.3. The molecule has 0 aliphatic carbocycles. The van der Waals surface area contributed by atoms with Crippen LogP contribution in [0.1, 0.15) is 5.56 Å². The number of para-hydroxylation sites is 1. The van der Waals surface area contributed by atoms with Gasteiger partial charge in [0, 0.05) is 11.4 Å². The molecule has 0 aliphatic rings. The minimum Gasteiger partial charge on any atom is -0.365 e. The number of nitrogens with one attached hydrogen (secondary N) is 2. The lowest BCUT2D eigenvalue weighted by Gasteiger charge is -2.12. The average molecular weight is 411 g/mol. The van der Waals surface area contributed by atoms with Crippen molar-refractivity contribution in [2.24, 2.45) is 0 Å². The van der Waals surface area contributed by atoms with E-state index >= 15 is 0 Å². The van der Waals surface area contributed by atoms with Gasteiger partial charge in [-0.15, -0.1) is 11.3 Å². The van der Waals surface area contributed by atoms with Gasteiger partial charge in [0.1, 0.15) is 17.0 Å². The van der Waals surface area contributed by atoms with Crippen molar-refractivity contribution in [1.29, 1.82) is 0 Å². The van der Waals surface area contributed by atoms with Crippen LogP contribution in [-0.2, 0) is 16.6 Å². The maximum absolute atomic E-state index is 11.6. The second-order valence-corrected chi connectivity index (χ2v) is 9.08. The maximum atomic E-state index is 11.6. The van der Waals surface area contributed by atoms with Crippen molar-refractivity contribution in [3.8, 4) is 10.4 Å². The van der Waals surface area contributed by atoms with Crippen molar-refractivity contribution < 1.29 is 8.42 Å². The Kier molecular flexibility index (Phi) is 4.97. The lowest BCUT2D eigenvalue weighted by molar-refractivity contribution is 0.606. The molecule has 2 heterocycles. The van der Waals surface area contributed by atoms with Gasteiger partial charge in [-0.25, -0.2) is 18.4 Å². The SMILES string of the molecule is CS(=O)(=O)Nc1ccccc1CNc1ncnc2sc(-c3ccccc3)cc12. The van der Waals surface area contributed by atoms with E-state index in [-0.39, 0.29) is 0 Å². The molecule has 4 aromatic rings. The molecule has 2 aromatic carbocycles. The number of hydrogen-bond acceptors (Lipinski definition) is 6. The van der Waals surface area contributed by atoms with Crippen LogP contribution in [0.4, 0.5) is 11.5 Å². The first-order chi connectivity index (χ1) is 13.5. The summed E-state index contributed by atoms with van der Waals surface area (Å²) in [5.41, 5.74) is 2.52. The van der Waals surface area contributed by atoms with Crippen LogP contribution in [0.25, 0.3) is 20.7 Å². The second kappa shape index (κ2) is 7.57. The third-order valence-corrected chi connectivity index (χ3v) is 5.83. The van der Waals surface area contributed by atoms with Gasteiger partial charge in [0.25, 0.3) is 0 Å². The highest BCUT2D eigenvalue weighted by Gasteiger charge is 2.11. The molecular formula is C20H18N4O2S2. The Bertz CT molecular complexity index is 1220. The fourth-order valence-corrected chi connectivity index (χ4v) is 4.50. The van der Waals surface area contributed by atoms with Crippen LogP contribution >= 0.6 is 11.3 Å². The summed E-state index contributed by atoms with van der Waals surface area (Å²) in [6.45, 7) is 0.432. The van der Waals surface area contributed by atoms with Gasteiger partial charge in [0.05, 0.1) is 17.3 Å². The third kappa shape index (κ3) is 4.13. The van der Waals surface area contributed by atoms with Gasteiger partial charge in [0.2, 0.25) is 10.0 Å². The molecule has 2 N–H and O–H groups in total. The van der Waals surface area contributed by atoms with Crippen LogP contribution in [0.5, 0.6) is 0 Å². The molecule has 2 aromatic heterocycles. The minimum absolute atomic E-state index is 0.432. The molecule has 4 rings (SSSR count). The standard InChI is InChI=1S/C20H18N4O2S2/c1-28(25,26)24-17-10-6-5-9-15(17)12-21-19-16-11-18(14-7-3-2-4-8-14)27-20(16)23-13-22-19/h2-11,13,24H,12H2,1H3,(H,21,22,23). The third-order valence-electron chi connectivity index (χ3n) is 4.15. The summed E-state index contributed by atoms with van der Waals surface area (Å²) in [5.74, 6) is 0.720. The van der Waals surface area contributed by atoms with Crippen molar-refractivity contribution >= 4 is 43.1 Å². The molecule has 8 heteroatoms. The van der Waals surface area contributed by atoms with Crippen LogP contribution in [0.2, 0.25) is 0 Å². The fraction of sp³-hybridized carbons (Fsp3) is 0.100. The molecule has 0 fully saturated rings. The van der Waals surface area contributed by atoms with E-state index in [1.54, 1.807) is 23.5 Å². The fourth-order valence-electron chi connectivity index (χ4n) is 2.89. The molecule has 0 aliphatic heterocycles. The lowest BCUT2D eigenvalue weighted by atomic mass is 10.1. The summed E-state index contributed by atoms with van der Waals surface area (Å²) in [4.78, 5) is 10.8. The van der Waals surface area contributed by atoms with Crippen LogP contribution in [0.3, 0.4) is 0 Å². The molecule has 6 nitrogen and oxygen atoms in total. The van der Waals surface area contributed by atoms with E-state index in [4.69, 9.17) is 0 Å². The highest BCUT2D eigenvalue weighted by atomic mass is 32.2. The van der Waals surface area contributed by atoms with E-state index in [2.05, 4.69) is 38.2 Å². The average Bonchev–Trinajstić information content (AvgIpc) is 3.12. The molecule has 142 valence electrons. The van der Waals surface area contributed by atoms with Crippen molar-refractivity contribution in [1.82, 2.24) is 9.97 Å². The predicted molar refractivity (Wildman–Crippen MR) is 115 cm³/mol. The number of aromatic nitrogens is 2. The predicted octanol–water partition coefficient (Wildman–Crippen LogP) is 4.34. The zero-order valence-corrected chi connectivity index (χ0v) is 16.7. The summed E-state index contributed by atoms with van der Waals surface area (Å²) < 4.78 is 25.7. The Morgan fingerprint density at radius 1 is 1.00 bits per heavy atom. The van der Waals surface area contributed by atoms with Crippen molar-refractivity contribution in [2.45, 2.75) is 6.54 Å². The molecule has 0 saturated heterocycles. The number of nitrogens with zero attached hydrogens (tertiary/aromatic N) is 2. The topological polar surface area (TPSA) is 84.0 Å². The van der Waals surface area contributed by atoms with Gasteiger partial charge in [0.15, 0.2) is 0 Å². The zero-order valence-electron chi connectivity index (χ0n) is 15.1. The molecule has 28 heavy (non-hydrogen) atoms. The quantitative estimate of drug-likeness (QED) is 0.494. The van der Waals surface area contributed by atoms with E-state index in [1.165, 1.54) is 6.33 Å². The molecule has 0 spiro atoms. The first-order valence-electron chi connectivity index (χ1n) is 8.59. The first kappa shape index (κ1) is 18.4. The highest BCUT2D eigenvalue weighted by Crippen LogP contribution is 2.35. The summed E-state index contributed by atoms with van der Waals surface area (Å²) in [6, 6.07) is 19.5. The van der Waals surface area contributed by atoms with Crippen LogP contribution in [0.15, 0.2) is 67.0 Å². The van der Waals surface area contributed by atoms with Crippen LogP contribution in [-0.4, -0.2) is 24.6 Å². The molecule has 0 atom stereocenters. The molecule has 0 amide bonds. The summed E-state index contributed by atoms with van der Waals surface area (Å²) >= 11 is 1.61. The van der Waals surface area contributed by atoms with Crippen molar-refractivity contribution in [3.63, 3.8) is 0 Å². The highest BCUT2D eigenvalue weighted by molar-refractivity contribution is 7.92. The number of sulfonamides is 1. The molecule has 0 radical (unpaired) electrons. The second-order valence-electron chi connectivity index (χ2n) is 6.30. The van der Waals surface area contributed by atoms with Gasteiger partial charge in [-0.3, -0.25) is 4.72 Å². The number of thiophene rings is 1. The molecule has 0 unspecified atom stereocenters. The van der Waals surface area contributed by atoms with Crippen molar-refractivity contribution in [3.05, 3.63) is 72.6 Å². The van der Waals surface area contributed by atoms with Gasteiger partial charge >= 0.3 is 0 Å². The van der Waals surface area contributed by atoms with E-state index in [9.17, 15) is 8.42 Å². The van der Waals surface area contributed by atoms with Gasteiger partial charge in [-0.1, -0.05) is 48.5 Å². The normalized spacial score (nSPS) is 11.5. The Morgan fingerprint density at radius 3 is 2.54 bits per heavy atom. The molecule has 0 bridgehead atoms. The van der Waals surface area contributed by atoms with E-state index in [0.29, 0.717) is 12.2 Å². The Morgan fingerprint density at radius 2 is 1.75 bits per heavy atom. The number of anilines is 2. The molecular weight excluding hydrogens is 392 g/mol. The number of hydrogen-bond donors (Lipinski definition) is 2. The summed E-state index contributed by atoms with van der Waals surface area (Å²) in [5, 5.41) is 4.26. The number of fused-ring (bicyclic) bond motifs is 1. The van der Waals surface area contributed by atoms with Crippen LogP contribution < -0.4 is 10.0 Å². The minimum atomic E-state index is -3.35. The number of rotatable bonds is 6. The summed E-state index contributed by atoms with van der Waals surface area (Å²) in [6.07, 6.45) is 2.68.